The molecule has 0 unspecified atom stereocenters. The SMILES string of the molecule is COc1cccc(NCC(N)=O)n1. The normalized spacial score (nSPS) is 9.31. The first kappa shape index (κ1) is 9.31. The maximum atomic E-state index is 10.4. The number of nitrogens with two attached hydrogens (primary N) is 1. The Morgan fingerprint density at radius 3 is 3.08 bits per heavy atom. The third kappa shape index (κ3) is 2.98. The van der Waals surface area contributed by atoms with Crippen LogP contribution in [0.4, 0.5) is 5.82 Å². The van der Waals surface area contributed by atoms with Crippen LogP contribution < -0.4 is 15.8 Å². The van der Waals surface area contributed by atoms with Crippen LogP contribution in [-0.2, 0) is 4.79 Å². The van der Waals surface area contributed by atoms with E-state index in [1.54, 1.807) is 18.2 Å². The molecule has 0 radical (unpaired) electrons. The lowest BCUT2D eigenvalue weighted by Crippen LogP contribution is -2.22. The third-order valence-corrected chi connectivity index (χ3v) is 1.38. The summed E-state index contributed by atoms with van der Waals surface area (Å²) < 4.78 is 4.89. The van der Waals surface area contributed by atoms with Crippen molar-refractivity contribution in [1.29, 1.82) is 0 Å². The molecule has 0 aromatic carbocycles. The van der Waals surface area contributed by atoms with Gasteiger partial charge >= 0.3 is 0 Å². The van der Waals surface area contributed by atoms with Gasteiger partial charge in [-0.1, -0.05) is 6.07 Å². The van der Waals surface area contributed by atoms with Gasteiger partial charge < -0.3 is 15.8 Å². The van der Waals surface area contributed by atoms with E-state index < -0.39 is 5.91 Å². The van der Waals surface area contributed by atoms with Crippen LogP contribution in [0.1, 0.15) is 0 Å². The minimum atomic E-state index is -0.426. The number of hydrogen-bond donors (Lipinski definition) is 2. The van der Waals surface area contributed by atoms with Crippen LogP contribution in [-0.4, -0.2) is 24.5 Å². The molecule has 3 N–H and O–H groups in total. The molecule has 1 heterocycles. The fourth-order valence-electron chi connectivity index (χ4n) is 0.805. The maximum absolute atomic E-state index is 10.4. The summed E-state index contributed by atoms with van der Waals surface area (Å²) in [5.41, 5.74) is 4.95. The molecule has 0 aliphatic heterocycles. The second kappa shape index (κ2) is 4.30. The molecular weight excluding hydrogens is 170 g/mol. The molecule has 0 bridgehead atoms. The lowest BCUT2D eigenvalue weighted by molar-refractivity contribution is -0.116. The molecule has 1 aromatic rings. The monoisotopic (exact) mass is 181 g/mol. The number of nitrogens with zero attached hydrogens (tertiary/aromatic N) is 1. The Morgan fingerprint density at radius 1 is 1.69 bits per heavy atom. The number of methoxy groups -OCH3 is 1. The van der Waals surface area contributed by atoms with E-state index in [-0.39, 0.29) is 6.54 Å². The van der Waals surface area contributed by atoms with Crippen molar-refractivity contribution in [2.24, 2.45) is 5.73 Å². The molecule has 0 aliphatic rings. The Hall–Kier alpha value is -1.78. The molecule has 1 aromatic heterocycles. The van der Waals surface area contributed by atoms with E-state index in [1.807, 2.05) is 0 Å². The number of aromatic nitrogens is 1. The van der Waals surface area contributed by atoms with Gasteiger partial charge in [0.15, 0.2) is 0 Å². The summed E-state index contributed by atoms with van der Waals surface area (Å²) >= 11 is 0. The fourth-order valence-corrected chi connectivity index (χ4v) is 0.805. The van der Waals surface area contributed by atoms with Gasteiger partial charge in [-0.15, -0.1) is 0 Å². The van der Waals surface area contributed by atoms with Gasteiger partial charge in [-0.25, -0.2) is 0 Å². The smallest absolute Gasteiger partial charge is 0.236 e. The largest absolute Gasteiger partial charge is 0.481 e. The van der Waals surface area contributed by atoms with Gasteiger partial charge in [0.2, 0.25) is 11.8 Å². The Labute approximate surface area is 75.9 Å². The summed E-state index contributed by atoms with van der Waals surface area (Å²) in [6, 6.07) is 5.22. The highest BCUT2D eigenvalue weighted by molar-refractivity contribution is 5.78. The molecule has 0 saturated carbocycles. The Bertz CT molecular complexity index is 301. The van der Waals surface area contributed by atoms with Crippen molar-refractivity contribution in [1.82, 2.24) is 4.98 Å². The van der Waals surface area contributed by atoms with E-state index in [9.17, 15) is 4.79 Å². The van der Waals surface area contributed by atoms with Crippen molar-refractivity contribution in [3.05, 3.63) is 18.2 Å². The highest BCUT2D eigenvalue weighted by atomic mass is 16.5. The number of nitrogens with one attached hydrogen (secondary N) is 1. The molecule has 0 fully saturated rings. The van der Waals surface area contributed by atoms with Gasteiger partial charge in [-0.05, 0) is 6.07 Å². The summed E-state index contributed by atoms with van der Waals surface area (Å²) in [5, 5.41) is 2.75. The van der Waals surface area contributed by atoms with Gasteiger partial charge in [0, 0.05) is 6.07 Å². The topological polar surface area (TPSA) is 77.2 Å². The summed E-state index contributed by atoms with van der Waals surface area (Å²) in [6.07, 6.45) is 0. The third-order valence-electron chi connectivity index (χ3n) is 1.38. The van der Waals surface area contributed by atoms with Crippen molar-refractivity contribution in [3.63, 3.8) is 0 Å². The first-order chi connectivity index (χ1) is 6.22. The van der Waals surface area contributed by atoms with E-state index in [0.717, 1.165) is 0 Å². The summed E-state index contributed by atoms with van der Waals surface area (Å²) in [6.45, 7) is 0.0696. The lowest BCUT2D eigenvalue weighted by Gasteiger charge is -2.03. The number of hydrogen-bond acceptors (Lipinski definition) is 4. The molecular formula is C8H11N3O2. The van der Waals surface area contributed by atoms with Gasteiger partial charge in [0.25, 0.3) is 0 Å². The lowest BCUT2D eigenvalue weighted by atomic mass is 10.4. The van der Waals surface area contributed by atoms with Crippen LogP contribution >= 0.6 is 0 Å². The second-order valence-corrected chi connectivity index (χ2v) is 2.39. The zero-order valence-electron chi connectivity index (χ0n) is 7.28. The molecule has 0 saturated heterocycles. The summed E-state index contributed by atoms with van der Waals surface area (Å²) in [7, 11) is 1.53. The molecule has 70 valence electrons. The molecule has 1 amide bonds. The Balaban J connectivity index is 2.61. The highest BCUT2D eigenvalue weighted by Crippen LogP contribution is 2.09. The van der Waals surface area contributed by atoms with Crippen LogP contribution in [0.2, 0.25) is 0 Å². The minimum absolute atomic E-state index is 0.0696. The Kier molecular flexibility index (Phi) is 3.08. The first-order valence-corrected chi connectivity index (χ1v) is 3.75. The average molecular weight is 181 g/mol. The van der Waals surface area contributed by atoms with Crippen LogP contribution in [0, 0.1) is 0 Å². The number of amides is 1. The van der Waals surface area contributed by atoms with E-state index in [1.165, 1.54) is 7.11 Å². The van der Waals surface area contributed by atoms with Crippen LogP contribution in [0.5, 0.6) is 5.88 Å². The van der Waals surface area contributed by atoms with Crippen molar-refractivity contribution in [2.45, 2.75) is 0 Å². The van der Waals surface area contributed by atoms with Crippen LogP contribution in [0.15, 0.2) is 18.2 Å². The maximum Gasteiger partial charge on any atom is 0.236 e. The second-order valence-electron chi connectivity index (χ2n) is 2.39. The fraction of sp³-hybridized carbons (Fsp3) is 0.250. The quantitative estimate of drug-likeness (QED) is 0.684. The minimum Gasteiger partial charge on any atom is -0.481 e. The molecule has 0 spiro atoms. The zero-order chi connectivity index (χ0) is 9.68. The Morgan fingerprint density at radius 2 is 2.46 bits per heavy atom. The molecule has 13 heavy (non-hydrogen) atoms. The van der Waals surface area contributed by atoms with Gasteiger partial charge in [-0.2, -0.15) is 4.98 Å². The number of primary amides is 1. The highest BCUT2D eigenvalue weighted by Gasteiger charge is 1.97. The standard InChI is InChI=1S/C8H11N3O2/c1-13-8-4-2-3-7(11-8)10-5-6(9)12/h2-4H,5H2,1H3,(H2,9,12)(H,10,11). The zero-order valence-corrected chi connectivity index (χ0v) is 7.28. The van der Waals surface area contributed by atoms with Crippen LogP contribution in [0.25, 0.3) is 0 Å². The number of ether oxygens (including phenoxy) is 1. The number of carbonyl (C=O) groups excluding carboxylic acids is 1. The first-order valence-electron chi connectivity index (χ1n) is 3.75. The summed E-state index contributed by atoms with van der Waals surface area (Å²) in [4.78, 5) is 14.4. The molecule has 5 nitrogen and oxygen atoms in total. The van der Waals surface area contributed by atoms with Gasteiger partial charge in [0.1, 0.15) is 5.82 Å². The summed E-state index contributed by atoms with van der Waals surface area (Å²) in [5.74, 6) is 0.636. The van der Waals surface area contributed by atoms with E-state index in [2.05, 4.69) is 10.3 Å². The molecule has 1 rings (SSSR count). The van der Waals surface area contributed by atoms with Crippen molar-refractivity contribution < 1.29 is 9.53 Å². The van der Waals surface area contributed by atoms with E-state index in [0.29, 0.717) is 11.7 Å². The number of rotatable bonds is 4. The van der Waals surface area contributed by atoms with Gasteiger partial charge in [0.05, 0.1) is 13.7 Å². The van der Waals surface area contributed by atoms with Crippen molar-refractivity contribution in [2.75, 3.05) is 19.0 Å². The molecule has 0 atom stereocenters. The number of anilines is 1. The average Bonchev–Trinajstić information content (AvgIpc) is 2.15. The van der Waals surface area contributed by atoms with Gasteiger partial charge in [-0.3, -0.25) is 4.79 Å². The predicted molar refractivity (Wildman–Crippen MR) is 48.5 cm³/mol. The predicted octanol–water partition coefficient (Wildman–Crippen LogP) is -0.0126. The van der Waals surface area contributed by atoms with E-state index in [4.69, 9.17) is 10.5 Å². The van der Waals surface area contributed by atoms with E-state index >= 15 is 0 Å². The van der Waals surface area contributed by atoms with Crippen LogP contribution in [0.3, 0.4) is 0 Å². The number of pyridine rings is 1. The van der Waals surface area contributed by atoms with Crippen molar-refractivity contribution >= 4 is 11.7 Å². The number of carbonyl (C=O) groups is 1. The molecule has 0 aliphatic carbocycles. The van der Waals surface area contributed by atoms with Crippen molar-refractivity contribution in [3.8, 4) is 5.88 Å². The molecule has 5 heteroatoms.